The average Bonchev–Trinajstić information content (AvgIpc) is 2.90. The van der Waals surface area contributed by atoms with Crippen molar-refractivity contribution in [2.75, 3.05) is 20.1 Å². The third-order valence-corrected chi connectivity index (χ3v) is 5.44. The summed E-state index contributed by atoms with van der Waals surface area (Å²) < 4.78 is 68.3. The van der Waals surface area contributed by atoms with Crippen LogP contribution >= 0.6 is 0 Å². The summed E-state index contributed by atoms with van der Waals surface area (Å²) in [5.41, 5.74) is 0. The topological polar surface area (TPSA) is 58.6 Å². The lowest BCUT2D eigenvalue weighted by Gasteiger charge is -2.24. The van der Waals surface area contributed by atoms with Crippen LogP contribution in [0.4, 0.5) is 13.2 Å². The third-order valence-electron chi connectivity index (χ3n) is 3.49. The van der Waals surface area contributed by atoms with Crippen molar-refractivity contribution in [3.63, 3.8) is 0 Å². The molecule has 1 aliphatic heterocycles. The first-order valence-corrected chi connectivity index (χ1v) is 8.21. The molecule has 0 saturated carbocycles. The van der Waals surface area contributed by atoms with E-state index in [2.05, 4.69) is 10.1 Å². The van der Waals surface area contributed by atoms with E-state index in [-0.39, 0.29) is 10.9 Å². The van der Waals surface area contributed by atoms with Crippen LogP contribution in [0.1, 0.15) is 12.8 Å². The van der Waals surface area contributed by atoms with Crippen molar-refractivity contribution in [3.8, 4) is 5.75 Å². The van der Waals surface area contributed by atoms with Gasteiger partial charge in [-0.15, -0.1) is 0 Å². The second-order valence-corrected chi connectivity index (χ2v) is 6.83. The van der Waals surface area contributed by atoms with Gasteiger partial charge in [0.1, 0.15) is 0 Å². The monoisotopic (exact) mass is 338 g/mol. The Kier molecular flexibility index (Phi) is 5.30. The molecule has 0 bridgehead atoms. The maximum Gasteiger partial charge on any atom is 0.387 e. The minimum Gasteiger partial charge on any atom is -0.432 e. The van der Waals surface area contributed by atoms with Crippen molar-refractivity contribution < 1.29 is 26.3 Å². The molecule has 2 rings (SSSR count). The van der Waals surface area contributed by atoms with Gasteiger partial charge in [-0.2, -0.15) is 13.1 Å². The van der Waals surface area contributed by atoms with Gasteiger partial charge in [0, 0.05) is 19.1 Å². The molecule has 1 heterocycles. The number of ether oxygens (including phenoxy) is 1. The van der Waals surface area contributed by atoms with E-state index >= 15 is 0 Å². The maximum atomic E-state index is 13.7. The van der Waals surface area contributed by atoms with Crippen LogP contribution in [0.25, 0.3) is 0 Å². The summed E-state index contributed by atoms with van der Waals surface area (Å²) in [6, 6.07) is 2.49. The molecule has 1 N–H and O–H groups in total. The first-order valence-electron chi connectivity index (χ1n) is 6.77. The molecule has 0 spiro atoms. The minimum absolute atomic E-state index is 0.199. The SMILES string of the molecule is CNCC1CCCN1S(=O)(=O)c1ccc(OC(F)F)c(F)c1. The zero-order valence-electron chi connectivity index (χ0n) is 11.9. The molecule has 1 aromatic rings. The van der Waals surface area contributed by atoms with E-state index in [1.165, 1.54) is 4.31 Å². The first-order chi connectivity index (χ1) is 10.4. The highest BCUT2D eigenvalue weighted by Crippen LogP contribution is 2.28. The lowest BCUT2D eigenvalue weighted by Crippen LogP contribution is -2.40. The number of nitrogens with zero attached hydrogens (tertiary/aromatic N) is 1. The summed E-state index contributed by atoms with van der Waals surface area (Å²) in [7, 11) is -2.15. The quantitative estimate of drug-likeness (QED) is 0.859. The number of nitrogens with one attached hydrogen (secondary N) is 1. The Morgan fingerprint density at radius 1 is 1.45 bits per heavy atom. The van der Waals surface area contributed by atoms with Gasteiger partial charge < -0.3 is 10.1 Å². The number of rotatable bonds is 6. The number of sulfonamides is 1. The van der Waals surface area contributed by atoms with E-state index in [1.54, 1.807) is 7.05 Å². The summed E-state index contributed by atoms with van der Waals surface area (Å²) in [5.74, 6) is -1.81. The lowest BCUT2D eigenvalue weighted by atomic mass is 10.2. The van der Waals surface area contributed by atoms with Gasteiger partial charge in [-0.3, -0.25) is 0 Å². The molecule has 1 aromatic carbocycles. The first kappa shape index (κ1) is 17.0. The molecule has 5 nitrogen and oxygen atoms in total. The highest BCUT2D eigenvalue weighted by atomic mass is 32.2. The van der Waals surface area contributed by atoms with Crippen LogP contribution in [0.5, 0.6) is 5.75 Å². The fraction of sp³-hybridized carbons (Fsp3) is 0.538. The molecule has 9 heteroatoms. The second-order valence-electron chi connectivity index (χ2n) is 4.94. The van der Waals surface area contributed by atoms with Crippen LogP contribution < -0.4 is 10.1 Å². The van der Waals surface area contributed by atoms with Crippen molar-refractivity contribution in [1.29, 1.82) is 0 Å². The van der Waals surface area contributed by atoms with Crippen LogP contribution in [0.3, 0.4) is 0 Å². The highest BCUT2D eigenvalue weighted by molar-refractivity contribution is 7.89. The molecule has 1 saturated heterocycles. The number of halogens is 3. The number of benzene rings is 1. The van der Waals surface area contributed by atoms with Gasteiger partial charge in [0.05, 0.1) is 4.90 Å². The number of alkyl halides is 2. The van der Waals surface area contributed by atoms with Gasteiger partial charge in [0.15, 0.2) is 11.6 Å². The molecular weight excluding hydrogens is 321 g/mol. The van der Waals surface area contributed by atoms with Crippen LogP contribution in [-0.2, 0) is 10.0 Å². The normalized spacial score (nSPS) is 19.8. The van der Waals surface area contributed by atoms with Gasteiger partial charge in [-0.25, -0.2) is 12.8 Å². The Bertz CT molecular complexity index is 625. The molecule has 0 aromatic heterocycles. The number of hydrogen-bond acceptors (Lipinski definition) is 4. The summed E-state index contributed by atoms with van der Waals surface area (Å²) in [4.78, 5) is -0.269. The molecule has 1 aliphatic rings. The van der Waals surface area contributed by atoms with Crippen molar-refractivity contribution in [2.24, 2.45) is 0 Å². The Hall–Kier alpha value is -1.32. The molecular formula is C13H17F3N2O3S. The Labute approximate surface area is 127 Å². The fourth-order valence-electron chi connectivity index (χ4n) is 2.53. The summed E-state index contributed by atoms with van der Waals surface area (Å²) in [6.45, 7) is -2.32. The van der Waals surface area contributed by atoms with Crippen molar-refractivity contribution in [2.45, 2.75) is 30.4 Å². The van der Waals surface area contributed by atoms with Crippen LogP contribution in [0.2, 0.25) is 0 Å². The van der Waals surface area contributed by atoms with E-state index in [0.29, 0.717) is 19.2 Å². The molecule has 0 radical (unpaired) electrons. The van der Waals surface area contributed by atoms with Crippen LogP contribution in [0, 0.1) is 5.82 Å². The predicted octanol–water partition coefficient (Wildman–Crippen LogP) is 1.80. The van der Waals surface area contributed by atoms with Crippen LogP contribution in [-0.4, -0.2) is 45.5 Å². The van der Waals surface area contributed by atoms with Gasteiger partial charge in [0.2, 0.25) is 10.0 Å². The highest BCUT2D eigenvalue weighted by Gasteiger charge is 2.35. The largest absolute Gasteiger partial charge is 0.432 e. The molecule has 22 heavy (non-hydrogen) atoms. The van der Waals surface area contributed by atoms with Gasteiger partial charge in [-0.05, 0) is 38.1 Å². The molecule has 1 atom stereocenters. The fourth-order valence-corrected chi connectivity index (χ4v) is 4.24. The predicted molar refractivity (Wildman–Crippen MR) is 73.9 cm³/mol. The van der Waals surface area contributed by atoms with E-state index < -0.39 is 28.2 Å². The Morgan fingerprint density at radius 2 is 2.18 bits per heavy atom. The smallest absolute Gasteiger partial charge is 0.387 e. The zero-order chi connectivity index (χ0) is 16.3. The van der Waals surface area contributed by atoms with Gasteiger partial charge in [0.25, 0.3) is 0 Å². The third kappa shape index (κ3) is 3.53. The van der Waals surface area contributed by atoms with Crippen molar-refractivity contribution >= 4 is 10.0 Å². The molecule has 124 valence electrons. The summed E-state index contributed by atoms with van der Waals surface area (Å²) in [6.07, 6.45) is 1.44. The second kappa shape index (κ2) is 6.84. The maximum absolute atomic E-state index is 13.7. The van der Waals surface area contributed by atoms with Crippen LogP contribution in [0.15, 0.2) is 23.1 Å². The van der Waals surface area contributed by atoms with E-state index in [9.17, 15) is 21.6 Å². The summed E-state index contributed by atoms with van der Waals surface area (Å²) in [5, 5.41) is 2.92. The molecule has 0 amide bonds. The minimum atomic E-state index is -3.87. The average molecular weight is 338 g/mol. The van der Waals surface area contributed by atoms with Crippen molar-refractivity contribution in [3.05, 3.63) is 24.0 Å². The Balaban J connectivity index is 2.28. The van der Waals surface area contributed by atoms with Gasteiger partial charge in [-0.1, -0.05) is 0 Å². The van der Waals surface area contributed by atoms with Gasteiger partial charge >= 0.3 is 6.61 Å². The molecule has 1 unspecified atom stereocenters. The molecule has 1 fully saturated rings. The van der Waals surface area contributed by atoms with E-state index in [4.69, 9.17) is 0 Å². The number of likely N-dealkylation sites (N-methyl/N-ethyl adjacent to an activating group) is 1. The Morgan fingerprint density at radius 3 is 2.77 bits per heavy atom. The number of hydrogen-bond donors (Lipinski definition) is 1. The van der Waals surface area contributed by atoms with E-state index in [1.807, 2.05) is 0 Å². The molecule has 0 aliphatic carbocycles. The lowest BCUT2D eigenvalue weighted by molar-refractivity contribution is -0.0522. The van der Waals surface area contributed by atoms with Crippen molar-refractivity contribution in [1.82, 2.24) is 9.62 Å². The zero-order valence-corrected chi connectivity index (χ0v) is 12.7. The summed E-state index contributed by atoms with van der Waals surface area (Å²) >= 11 is 0. The standard InChI is InChI=1S/C13H17F3N2O3S/c1-17-8-9-3-2-6-18(9)22(19,20)10-4-5-12(11(14)7-10)21-13(15)16/h4-5,7,9,13,17H,2-3,6,8H2,1H3. The van der Waals surface area contributed by atoms with E-state index in [0.717, 1.165) is 25.0 Å².